The molecule has 180 valence electrons. The van der Waals surface area contributed by atoms with Crippen LogP contribution in [-0.2, 0) is 19.6 Å². The van der Waals surface area contributed by atoms with Crippen LogP contribution in [0, 0.1) is 0 Å². The van der Waals surface area contributed by atoms with E-state index >= 15 is 0 Å². The summed E-state index contributed by atoms with van der Waals surface area (Å²) in [4.78, 5) is 25.3. The van der Waals surface area contributed by atoms with Crippen molar-refractivity contribution < 1.29 is 23.1 Å². The molecule has 2 N–H and O–H groups in total. The Bertz CT molecular complexity index is 1290. The topological polar surface area (TPSA) is 71.3 Å². The molecular weight excluding hydrogens is 492 g/mol. The Kier molecular flexibility index (Phi) is 7.63. The number of carbonyl (C=O) groups excluding carboxylic acids is 1. The Morgan fingerprint density at radius 3 is 2.47 bits per heavy atom. The number of aromatic nitrogens is 1. The number of rotatable bonds is 6. The predicted octanol–water partition coefficient (Wildman–Crippen LogP) is 5.83. The molecule has 5 nitrogen and oxygen atoms in total. The van der Waals surface area contributed by atoms with Crippen molar-refractivity contribution in [2.45, 2.75) is 32.0 Å². The quantitative estimate of drug-likeness (QED) is 0.436. The summed E-state index contributed by atoms with van der Waals surface area (Å²) in [5, 5.41) is 13.8. The van der Waals surface area contributed by atoms with Crippen LogP contribution >= 0.6 is 23.2 Å². The molecule has 10 heteroatoms. The number of aryl methyl sites for hydroxylation is 1. The molecule has 0 bridgehead atoms. The lowest BCUT2D eigenvalue weighted by molar-refractivity contribution is -0.137. The van der Waals surface area contributed by atoms with E-state index in [0.717, 1.165) is 22.3 Å². The second kappa shape index (κ2) is 10.1. The molecule has 3 rings (SSSR count). The fourth-order valence-corrected chi connectivity index (χ4v) is 3.76. The minimum Gasteiger partial charge on any atom is -0.502 e. The van der Waals surface area contributed by atoms with Crippen molar-refractivity contribution in [3.63, 3.8) is 0 Å². The van der Waals surface area contributed by atoms with E-state index in [4.69, 9.17) is 23.2 Å². The van der Waals surface area contributed by atoms with E-state index in [1.807, 2.05) is 6.07 Å². The molecule has 2 aromatic carbocycles. The highest BCUT2D eigenvalue weighted by molar-refractivity contribution is 6.42. The van der Waals surface area contributed by atoms with Gasteiger partial charge in [-0.05, 0) is 61.2 Å². The van der Waals surface area contributed by atoms with Gasteiger partial charge >= 0.3 is 6.18 Å². The van der Waals surface area contributed by atoms with Crippen molar-refractivity contribution in [1.82, 2.24) is 9.88 Å². The predicted molar refractivity (Wildman–Crippen MR) is 125 cm³/mol. The van der Waals surface area contributed by atoms with Gasteiger partial charge in [0.2, 0.25) is 0 Å². The van der Waals surface area contributed by atoms with Gasteiger partial charge in [0, 0.05) is 13.1 Å². The Balaban J connectivity index is 1.84. The Morgan fingerprint density at radius 2 is 1.82 bits per heavy atom. The normalized spacial score (nSPS) is 12.4. The minimum absolute atomic E-state index is 0.0579. The molecule has 1 atom stereocenters. The summed E-state index contributed by atoms with van der Waals surface area (Å²) in [6, 6.07) is 10.5. The molecule has 0 aliphatic carbocycles. The van der Waals surface area contributed by atoms with E-state index in [1.54, 1.807) is 19.1 Å². The second-order valence-electron chi connectivity index (χ2n) is 7.90. The van der Waals surface area contributed by atoms with Gasteiger partial charge in [-0.2, -0.15) is 13.2 Å². The van der Waals surface area contributed by atoms with Gasteiger partial charge in [0.25, 0.3) is 11.5 Å². The highest BCUT2D eigenvalue weighted by atomic mass is 35.5. The van der Waals surface area contributed by atoms with Gasteiger partial charge in [0.1, 0.15) is 0 Å². The number of alkyl halides is 3. The van der Waals surface area contributed by atoms with Crippen LogP contribution in [0.5, 0.6) is 5.75 Å². The molecule has 0 fully saturated rings. The lowest BCUT2D eigenvalue weighted by Gasteiger charge is -2.17. The molecule has 1 heterocycles. The van der Waals surface area contributed by atoms with E-state index in [9.17, 15) is 27.9 Å². The van der Waals surface area contributed by atoms with Crippen molar-refractivity contribution in [3.05, 3.63) is 85.6 Å². The summed E-state index contributed by atoms with van der Waals surface area (Å²) < 4.78 is 40.4. The van der Waals surface area contributed by atoms with Crippen LogP contribution in [-0.4, -0.2) is 21.6 Å². The first-order valence-electron chi connectivity index (χ1n) is 10.2. The van der Waals surface area contributed by atoms with E-state index in [1.165, 1.54) is 25.2 Å². The Hall–Kier alpha value is -2.97. The van der Waals surface area contributed by atoms with Gasteiger partial charge < -0.3 is 15.0 Å². The average Bonchev–Trinajstić information content (AvgIpc) is 2.78. The third-order valence-electron chi connectivity index (χ3n) is 5.36. The number of pyridine rings is 1. The number of nitrogens with one attached hydrogen (secondary N) is 1. The van der Waals surface area contributed by atoms with Gasteiger partial charge in [0.05, 0.1) is 26.9 Å². The first-order valence-corrected chi connectivity index (χ1v) is 11.0. The minimum atomic E-state index is -4.57. The number of carbonyl (C=O) groups is 1. The fraction of sp³-hybridized carbons (Fsp3) is 0.250. The molecule has 3 aromatic rings. The van der Waals surface area contributed by atoms with Crippen LogP contribution in [0.25, 0.3) is 11.3 Å². The van der Waals surface area contributed by atoms with E-state index in [0.29, 0.717) is 22.9 Å². The zero-order valence-electron chi connectivity index (χ0n) is 18.2. The molecule has 0 radical (unpaired) electrons. The third kappa shape index (κ3) is 5.74. The van der Waals surface area contributed by atoms with E-state index in [2.05, 4.69) is 5.32 Å². The third-order valence-corrected chi connectivity index (χ3v) is 6.10. The van der Waals surface area contributed by atoms with Gasteiger partial charge in [0.15, 0.2) is 5.75 Å². The number of hydrogen-bond donors (Lipinski definition) is 2. The molecule has 1 unspecified atom stereocenters. The van der Waals surface area contributed by atoms with Crippen LogP contribution < -0.4 is 10.9 Å². The fourth-order valence-electron chi connectivity index (χ4n) is 3.44. The molecule has 0 spiro atoms. The highest BCUT2D eigenvalue weighted by Crippen LogP contribution is 2.32. The molecular formula is C24H21Cl2F3N2O3. The van der Waals surface area contributed by atoms with Crippen molar-refractivity contribution in [2.24, 2.45) is 7.05 Å². The van der Waals surface area contributed by atoms with Gasteiger partial charge in [-0.25, -0.2) is 0 Å². The summed E-state index contributed by atoms with van der Waals surface area (Å²) in [6.07, 6.45) is -3.47. The van der Waals surface area contributed by atoms with Crippen molar-refractivity contribution in [3.8, 4) is 17.0 Å². The lowest BCUT2D eigenvalue weighted by Crippen LogP contribution is -2.34. The average molecular weight is 513 g/mol. The Labute approximate surface area is 203 Å². The van der Waals surface area contributed by atoms with Crippen LogP contribution in [0.15, 0.2) is 53.3 Å². The number of aromatic hydroxyl groups is 1. The SMILES string of the molecule is CC(CCc1ccc(Cl)c(Cl)c1)NC(=O)c1cc(-c2cccc(C(F)(F)F)c2)n(C)c(=O)c1O. The Morgan fingerprint density at radius 1 is 1.12 bits per heavy atom. The summed E-state index contributed by atoms with van der Waals surface area (Å²) in [6.45, 7) is 1.75. The van der Waals surface area contributed by atoms with Crippen molar-refractivity contribution in [2.75, 3.05) is 0 Å². The molecule has 34 heavy (non-hydrogen) atoms. The molecule has 0 saturated carbocycles. The molecule has 0 aliphatic rings. The summed E-state index contributed by atoms with van der Waals surface area (Å²) in [5.41, 5.74) is -1.06. The smallest absolute Gasteiger partial charge is 0.416 e. The number of nitrogens with zero attached hydrogens (tertiary/aromatic N) is 1. The number of amides is 1. The summed E-state index contributed by atoms with van der Waals surface area (Å²) in [7, 11) is 1.30. The molecule has 1 amide bonds. The molecule has 1 aromatic heterocycles. The van der Waals surface area contributed by atoms with Crippen LogP contribution in [0.3, 0.4) is 0 Å². The van der Waals surface area contributed by atoms with Crippen LogP contribution in [0.4, 0.5) is 13.2 Å². The first kappa shape index (κ1) is 25.6. The maximum absolute atomic E-state index is 13.1. The van der Waals surface area contributed by atoms with Crippen LogP contribution in [0.2, 0.25) is 10.0 Å². The lowest BCUT2D eigenvalue weighted by atomic mass is 10.0. The number of halogens is 5. The van der Waals surface area contributed by atoms with E-state index < -0.39 is 29.0 Å². The molecule has 0 aliphatic heterocycles. The largest absolute Gasteiger partial charge is 0.502 e. The van der Waals surface area contributed by atoms with Crippen molar-refractivity contribution in [1.29, 1.82) is 0 Å². The standard InChI is InChI=1S/C24H21Cl2F3N2O3/c1-13(6-7-14-8-9-18(25)19(26)10-14)30-22(33)17-12-20(31(2)23(34)21(17)32)15-4-3-5-16(11-15)24(27,28)29/h3-5,8-13,32H,6-7H2,1-2H3,(H,30,33). The maximum Gasteiger partial charge on any atom is 0.416 e. The zero-order chi connectivity index (χ0) is 25.2. The number of hydrogen-bond acceptors (Lipinski definition) is 3. The monoisotopic (exact) mass is 512 g/mol. The maximum atomic E-state index is 13.1. The van der Waals surface area contributed by atoms with Gasteiger partial charge in [-0.3, -0.25) is 9.59 Å². The highest BCUT2D eigenvalue weighted by Gasteiger charge is 2.31. The van der Waals surface area contributed by atoms with Crippen molar-refractivity contribution >= 4 is 29.1 Å². The summed E-state index contributed by atoms with van der Waals surface area (Å²) >= 11 is 11.9. The number of benzene rings is 2. The van der Waals surface area contributed by atoms with E-state index in [-0.39, 0.29) is 22.9 Å². The zero-order valence-corrected chi connectivity index (χ0v) is 19.7. The second-order valence-corrected chi connectivity index (χ2v) is 8.71. The summed E-state index contributed by atoms with van der Waals surface area (Å²) in [5.74, 6) is -1.50. The van der Waals surface area contributed by atoms with Crippen LogP contribution in [0.1, 0.15) is 34.8 Å². The molecule has 0 saturated heterocycles. The van der Waals surface area contributed by atoms with Gasteiger partial charge in [-0.1, -0.05) is 41.4 Å². The first-order chi connectivity index (χ1) is 15.9. The van der Waals surface area contributed by atoms with Gasteiger partial charge in [-0.15, -0.1) is 0 Å².